The fraction of sp³-hybridized carbons (Fsp3) is 0.214. The molecule has 80 valence electrons. The highest BCUT2D eigenvalue weighted by Crippen LogP contribution is 2.29. The van der Waals surface area contributed by atoms with Gasteiger partial charge in [-0.1, -0.05) is 18.7 Å². The summed E-state index contributed by atoms with van der Waals surface area (Å²) in [6, 6.07) is 6.58. The third-order valence-corrected chi connectivity index (χ3v) is 3.19. The zero-order valence-electron chi connectivity index (χ0n) is 9.38. The first-order valence-corrected chi connectivity index (χ1v) is 5.53. The van der Waals surface area contributed by atoms with Crippen LogP contribution in [0.3, 0.4) is 0 Å². The summed E-state index contributed by atoms with van der Waals surface area (Å²) in [6.45, 7) is 6.99. The van der Waals surface area contributed by atoms with Crippen LogP contribution in [0.1, 0.15) is 30.0 Å². The molecule has 0 bridgehead atoms. The van der Waals surface area contributed by atoms with Gasteiger partial charge in [-0.15, -0.1) is 0 Å². The van der Waals surface area contributed by atoms with E-state index in [0.717, 1.165) is 18.7 Å². The van der Waals surface area contributed by atoms with Crippen LogP contribution in [0.15, 0.2) is 36.0 Å². The molecule has 0 fully saturated rings. The maximum atomic E-state index is 4.32. The predicted octanol–water partition coefficient (Wildman–Crippen LogP) is 2.97. The molecular formula is C14H14N2. The molecule has 0 radical (unpaired) electrons. The molecule has 2 nitrogen and oxygen atoms in total. The number of rotatable bonds is 1. The molecule has 2 heteroatoms. The van der Waals surface area contributed by atoms with Gasteiger partial charge in [0.25, 0.3) is 0 Å². The van der Waals surface area contributed by atoms with E-state index in [0.29, 0.717) is 0 Å². The van der Waals surface area contributed by atoms with Gasteiger partial charge in [-0.25, -0.2) is 0 Å². The molecule has 0 atom stereocenters. The Kier molecular flexibility index (Phi) is 1.96. The van der Waals surface area contributed by atoms with Crippen molar-refractivity contribution in [3.8, 4) is 0 Å². The van der Waals surface area contributed by atoms with Gasteiger partial charge in [-0.3, -0.25) is 4.99 Å². The van der Waals surface area contributed by atoms with E-state index in [-0.39, 0.29) is 0 Å². The number of hydrogen-bond donors (Lipinski definition) is 1. The van der Waals surface area contributed by atoms with Crippen LogP contribution >= 0.6 is 0 Å². The van der Waals surface area contributed by atoms with Crippen molar-refractivity contribution in [3.05, 3.63) is 47.7 Å². The number of nitrogens with one attached hydrogen (secondary N) is 1. The monoisotopic (exact) mass is 210 g/mol. The number of fused-ring (bicyclic) bond motifs is 1. The molecule has 0 aliphatic carbocycles. The lowest BCUT2D eigenvalue weighted by atomic mass is 9.98. The van der Waals surface area contributed by atoms with Gasteiger partial charge in [0, 0.05) is 36.1 Å². The first-order chi connectivity index (χ1) is 7.74. The first kappa shape index (κ1) is 9.40. The van der Waals surface area contributed by atoms with Crippen molar-refractivity contribution in [1.82, 2.24) is 5.32 Å². The summed E-state index contributed by atoms with van der Waals surface area (Å²) in [7, 11) is 0. The van der Waals surface area contributed by atoms with Gasteiger partial charge in [0.05, 0.1) is 0 Å². The van der Waals surface area contributed by atoms with E-state index in [1.54, 1.807) is 0 Å². The summed E-state index contributed by atoms with van der Waals surface area (Å²) >= 11 is 0. The van der Waals surface area contributed by atoms with E-state index >= 15 is 0 Å². The average molecular weight is 210 g/mol. The summed E-state index contributed by atoms with van der Waals surface area (Å²) in [6.07, 6.45) is 2.95. The molecule has 3 rings (SSSR count). The Morgan fingerprint density at radius 2 is 2.25 bits per heavy atom. The summed E-state index contributed by atoms with van der Waals surface area (Å²) in [5.74, 6) is 0. The molecule has 2 aliphatic rings. The highest BCUT2D eigenvalue weighted by molar-refractivity contribution is 5.97. The second kappa shape index (κ2) is 3.34. The van der Waals surface area contributed by atoms with E-state index in [1.807, 2.05) is 6.20 Å². The third-order valence-electron chi connectivity index (χ3n) is 3.19. The SMILES string of the molecule is C=C1NCc2ccc(C3=CN=C(C)C3)cc21. The molecule has 1 aromatic carbocycles. The molecule has 1 aromatic rings. The van der Waals surface area contributed by atoms with E-state index in [4.69, 9.17) is 0 Å². The topological polar surface area (TPSA) is 24.4 Å². The van der Waals surface area contributed by atoms with Crippen molar-refractivity contribution in [2.45, 2.75) is 19.9 Å². The van der Waals surface area contributed by atoms with Gasteiger partial charge in [0.15, 0.2) is 0 Å². The van der Waals surface area contributed by atoms with Crippen molar-refractivity contribution in [2.75, 3.05) is 0 Å². The summed E-state index contributed by atoms with van der Waals surface area (Å²) in [4.78, 5) is 4.32. The van der Waals surface area contributed by atoms with Crippen LogP contribution < -0.4 is 5.32 Å². The number of aliphatic imine (C=N–C) groups is 1. The van der Waals surface area contributed by atoms with E-state index < -0.39 is 0 Å². The molecule has 0 unspecified atom stereocenters. The third kappa shape index (κ3) is 1.38. The molecule has 16 heavy (non-hydrogen) atoms. The first-order valence-electron chi connectivity index (χ1n) is 5.53. The van der Waals surface area contributed by atoms with E-state index in [2.05, 4.69) is 42.0 Å². The fourth-order valence-corrected chi connectivity index (χ4v) is 2.24. The molecule has 1 N–H and O–H groups in total. The Hall–Kier alpha value is -1.83. The van der Waals surface area contributed by atoms with Gasteiger partial charge in [0.1, 0.15) is 0 Å². The number of nitrogens with zero attached hydrogens (tertiary/aromatic N) is 1. The minimum Gasteiger partial charge on any atom is -0.381 e. The van der Waals surface area contributed by atoms with Crippen LogP contribution in [0, 0.1) is 0 Å². The molecule has 0 amide bonds. The quantitative estimate of drug-likeness (QED) is 0.757. The standard InChI is InChI=1S/C14H14N2/c1-9-5-13(8-15-9)11-3-4-12-7-16-10(2)14(12)6-11/h3-4,6,8,16H,2,5,7H2,1H3. The molecule has 0 saturated carbocycles. The fourth-order valence-electron chi connectivity index (χ4n) is 2.24. The Bertz CT molecular complexity index is 536. The predicted molar refractivity (Wildman–Crippen MR) is 68.0 cm³/mol. The Labute approximate surface area is 95.4 Å². The van der Waals surface area contributed by atoms with Crippen LogP contribution in [-0.2, 0) is 6.54 Å². The minimum absolute atomic E-state index is 0.906. The maximum Gasteiger partial charge on any atom is 0.0407 e. The van der Waals surface area contributed by atoms with Crippen LogP contribution in [0.2, 0.25) is 0 Å². The minimum atomic E-state index is 0.906. The van der Waals surface area contributed by atoms with Crippen molar-refractivity contribution in [3.63, 3.8) is 0 Å². The zero-order valence-corrected chi connectivity index (χ0v) is 9.38. The average Bonchev–Trinajstić information content (AvgIpc) is 2.86. The smallest absolute Gasteiger partial charge is 0.0407 e. The largest absolute Gasteiger partial charge is 0.381 e. The lowest BCUT2D eigenvalue weighted by Crippen LogP contribution is -1.98. The molecular weight excluding hydrogens is 196 g/mol. The maximum absolute atomic E-state index is 4.32. The summed E-state index contributed by atoms with van der Waals surface area (Å²) < 4.78 is 0. The Morgan fingerprint density at radius 3 is 3.00 bits per heavy atom. The normalized spacial score (nSPS) is 17.9. The second-order valence-electron chi connectivity index (χ2n) is 4.40. The lowest BCUT2D eigenvalue weighted by Gasteiger charge is -2.05. The van der Waals surface area contributed by atoms with Gasteiger partial charge < -0.3 is 5.32 Å². The highest BCUT2D eigenvalue weighted by Gasteiger charge is 2.16. The lowest BCUT2D eigenvalue weighted by molar-refractivity contribution is 0.946. The molecule has 2 heterocycles. The molecule has 2 aliphatic heterocycles. The Balaban J connectivity index is 1.99. The molecule has 0 aromatic heterocycles. The Morgan fingerprint density at radius 1 is 1.38 bits per heavy atom. The van der Waals surface area contributed by atoms with Gasteiger partial charge in [-0.2, -0.15) is 0 Å². The van der Waals surface area contributed by atoms with Gasteiger partial charge >= 0.3 is 0 Å². The van der Waals surface area contributed by atoms with Gasteiger partial charge in [0.2, 0.25) is 0 Å². The van der Waals surface area contributed by atoms with Crippen molar-refractivity contribution in [2.24, 2.45) is 4.99 Å². The molecule has 0 spiro atoms. The van der Waals surface area contributed by atoms with E-state index in [1.165, 1.54) is 28.0 Å². The molecule has 0 saturated heterocycles. The van der Waals surface area contributed by atoms with Crippen LogP contribution in [-0.4, -0.2) is 5.71 Å². The number of allylic oxidation sites excluding steroid dienone is 1. The second-order valence-corrected chi connectivity index (χ2v) is 4.40. The van der Waals surface area contributed by atoms with Crippen LogP contribution in [0.25, 0.3) is 11.3 Å². The van der Waals surface area contributed by atoms with Crippen molar-refractivity contribution in [1.29, 1.82) is 0 Å². The van der Waals surface area contributed by atoms with Crippen LogP contribution in [0.4, 0.5) is 0 Å². The van der Waals surface area contributed by atoms with Gasteiger partial charge in [-0.05, 0) is 29.7 Å². The number of hydrogen-bond acceptors (Lipinski definition) is 2. The summed E-state index contributed by atoms with van der Waals surface area (Å²) in [5.41, 5.74) is 7.39. The zero-order chi connectivity index (χ0) is 11.1. The van der Waals surface area contributed by atoms with E-state index in [9.17, 15) is 0 Å². The summed E-state index contributed by atoms with van der Waals surface area (Å²) in [5, 5.41) is 3.27. The van der Waals surface area contributed by atoms with Crippen LogP contribution in [0.5, 0.6) is 0 Å². The number of benzene rings is 1. The van der Waals surface area contributed by atoms with Crippen molar-refractivity contribution >= 4 is 17.0 Å². The highest BCUT2D eigenvalue weighted by atomic mass is 14.9. The van der Waals surface area contributed by atoms with Crippen molar-refractivity contribution < 1.29 is 0 Å².